The average Bonchev–Trinajstić information content (AvgIpc) is 3.31. The molecule has 3 unspecified atom stereocenters. The number of carbonyl (C=O) groups excluding carboxylic acids is 2. The highest BCUT2D eigenvalue weighted by Crippen LogP contribution is 2.39. The number of primary amides is 1. The Bertz CT molecular complexity index is 986. The van der Waals surface area contributed by atoms with E-state index in [9.17, 15) is 9.59 Å². The maximum atomic E-state index is 13.5. The maximum Gasteiger partial charge on any atom is 0.240 e. The standard InChI is InChI=1S/C19H19Cl2N5O2/c1-10-16(19(28)25-8-2-3-14(25)18(22)27)17(26-15(24-10)6-7-23-26)11-4-5-12(20)13(21)9-11/h4-7,9,14,16-17H,2-3,8H2,1H3,(H2,22,27). The molecule has 0 spiro atoms. The van der Waals surface area contributed by atoms with Crippen LogP contribution in [-0.4, -0.2) is 44.8 Å². The number of hydrogen-bond donors (Lipinski definition) is 1. The number of benzene rings is 1. The quantitative estimate of drug-likeness (QED) is 0.827. The van der Waals surface area contributed by atoms with Gasteiger partial charge in [0.05, 0.1) is 22.3 Å². The summed E-state index contributed by atoms with van der Waals surface area (Å²) in [5.74, 6) is -0.628. The molecule has 1 aromatic carbocycles. The van der Waals surface area contributed by atoms with Crippen LogP contribution < -0.4 is 5.73 Å². The summed E-state index contributed by atoms with van der Waals surface area (Å²) in [6, 6.07) is 6.03. The van der Waals surface area contributed by atoms with Crippen LogP contribution in [0.2, 0.25) is 10.0 Å². The van der Waals surface area contributed by atoms with Gasteiger partial charge in [0.2, 0.25) is 11.8 Å². The van der Waals surface area contributed by atoms with Crippen molar-refractivity contribution in [1.82, 2.24) is 14.7 Å². The molecule has 2 N–H and O–H groups in total. The zero-order valence-electron chi connectivity index (χ0n) is 15.2. The SMILES string of the molecule is CC1=Nc2ccnn2C(c2ccc(Cl)c(Cl)c2)C1C(=O)N1CCCC1C(N)=O. The normalized spacial score (nSPS) is 24.0. The molecule has 2 aliphatic rings. The van der Waals surface area contributed by atoms with Crippen molar-refractivity contribution in [3.8, 4) is 0 Å². The summed E-state index contributed by atoms with van der Waals surface area (Å²) in [6.07, 6.45) is 2.97. The van der Waals surface area contributed by atoms with Gasteiger partial charge in [0, 0.05) is 18.3 Å². The number of carbonyl (C=O) groups is 2. The number of hydrogen-bond acceptors (Lipinski definition) is 4. The van der Waals surface area contributed by atoms with Crippen molar-refractivity contribution in [3.63, 3.8) is 0 Å². The maximum absolute atomic E-state index is 13.5. The topological polar surface area (TPSA) is 93.6 Å². The summed E-state index contributed by atoms with van der Waals surface area (Å²) in [5.41, 5.74) is 6.97. The van der Waals surface area contributed by atoms with Gasteiger partial charge in [-0.3, -0.25) is 9.59 Å². The lowest BCUT2D eigenvalue weighted by atomic mass is 9.87. The summed E-state index contributed by atoms with van der Waals surface area (Å²) in [5, 5.41) is 5.22. The lowest BCUT2D eigenvalue weighted by Crippen LogP contribution is -2.50. The van der Waals surface area contributed by atoms with E-state index in [1.165, 1.54) is 0 Å². The van der Waals surface area contributed by atoms with Gasteiger partial charge < -0.3 is 10.6 Å². The third kappa shape index (κ3) is 3.08. The van der Waals surface area contributed by atoms with Gasteiger partial charge in [-0.15, -0.1) is 0 Å². The van der Waals surface area contributed by atoms with Crippen molar-refractivity contribution in [2.75, 3.05) is 6.54 Å². The fourth-order valence-corrected chi connectivity index (χ4v) is 4.39. The predicted octanol–water partition coefficient (Wildman–Crippen LogP) is 2.98. The number of aromatic nitrogens is 2. The lowest BCUT2D eigenvalue weighted by Gasteiger charge is -2.35. The molecule has 9 heteroatoms. The Morgan fingerprint density at radius 1 is 1.21 bits per heavy atom. The number of aliphatic imine (C=N–C) groups is 1. The van der Waals surface area contributed by atoms with Crippen LogP contribution in [0.3, 0.4) is 0 Å². The van der Waals surface area contributed by atoms with Crippen LogP contribution in [0.5, 0.6) is 0 Å². The number of rotatable bonds is 3. The monoisotopic (exact) mass is 419 g/mol. The largest absolute Gasteiger partial charge is 0.368 e. The van der Waals surface area contributed by atoms with E-state index < -0.39 is 23.9 Å². The highest BCUT2D eigenvalue weighted by atomic mass is 35.5. The molecule has 28 heavy (non-hydrogen) atoms. The van der Waals surface area contributed by atoms with E-state index in [0.717, 1.165) is 12.0 Å². The first-order valence-corrected chi connectivity index (χ1v) is 9.77. The summed E-state index contributed by atoms with van der Waals surface area (Å²) in [7, 11) is 0. The van der Waals surface area contributed by atoms with Crippen LogP contribution in [0, 0.1) is 5.92 Å². The molecular weight excluding hydrogens is 401 g/mol. The molecule has 2 amide bonds. The van der Waals surface area contributed by atoms with Crippen molar-refractivity contribution < 1.29 is 9.59 Å². The van der Waals surface area contributed by atoms with Gasteiger partial charge in [0.15, 0.2) is 5.82 Å². The molecule has 0 aliphatic carbocycles. The lowest BCUT2D eigenvalue weighted by molar-refractivity contribution is -0.139. The number of nitrogens with two attached hydrogens (primary N) is 1. The zero-order valence-corrected chi connectivity index (χ0v) is 16.7. The van der Waals surface area contributed by atoms with E-state index in [0.29, 0.717) is 34.5 Å². The molecule has 146 valence electrons. The molecule has 0 radical (unpaired) electrons. The van der Waals surface area contributed by atoms with E-state index >= 15 is 0 Å². The van der Waals surface area contributed by atoms with Gasteiger partial charge in [0.25, 0.3) is 0 Å². The molecule has 4 rings (SSSR count). The van der Waals surface area contributed by atoms with E-state index in [1.807, 2.05) is 13.0 Å². The molecule has 0 saturated carbocycles. The highest BCUT2D eigenvalue weighted by Gasteiger charge is 2.43. The van der Waals surface area contributed by atoms with Crippen LogP contribution in [0.25, 0.3) is 0 Å². The number of amides is 2. The third-order valence-electron chi connectivity index (χ3n) is 5.39. The third-order valence-corrected chi connectivity index (χ3v) is 6.12. The molecule has 3 heterocycles. The second kappa shape index (κ2) is 7.22. The number of likely N-dealkylation sites (tertiary alicyclic amines) is 1. The fourth-order valence-electron chi connectivity index (χ4n) is 4.08. The minimum absolute atomic E-state index is 0.181. The van der Waals surface area contributed by atoms with Gasteiger partial charge >= 0.3 is 0 Å². The molecule has 1 aromatic heterocycles. The van der Waals surface area contributed by atoms with E-state index in [2.05, 4.69) is 10.1 Å². The second-order valence-corrected chi connectivity index (χ2v) is 7.89. The molecule has 7 nitrogen and oxygen atoms in total. The van der Waals surface area contributed by atoms with Gasteiger partial charge in [-0.2, -0.15) is 5.10 Å². The van der Waals surface area contributed by atoms with Gasteiger partial charge in [-0.05, 0) is 37.5 Å². The highest BCUT2D eigenvalue weighted by molar-refractivity contribution is 6.42. The van der Waals surface area contributed by atoms with E-state index in [-0.39, 0.29) is 5.91 Å². The summed E-state index contributed by atoms with van der Waals surface area (Å²) in [4.78, 5) is 31.5. The Labute approximate surface area is 172 Å². The summed E-state index contributed by atoms with van der Waals surface area (Å²) >= 11 is 12.3. The van der Waals surface area contributed by atoms with E-state index in [4.69, 9.17) is 28.9 Å². The van der Waals surface area contributed by atoms with Crippen molar-refractivity contribution in [3.05, 3.63) is 46.1 Å². The number of halogens is 2. The van der Waals surface area contributed by atoms with Crippen LogP contribution in [0.4, 0.5) is 5.82 Å². The van der Waals surface area contributed by atoms with Crippen molar-refractivity contribution in [2.45, 2.75) is 31.8 Å². The van der Waals surface area contributed by atoms with Crippen molar-refractivity contribution in [2.24, 2.45) is 16.6 Å². The van der Waals surface area contributed by atoms with E-state index in [1.54, 1.807) is 34.0 Å². The Hall–Kier alpha value is -2.38. The molecule has 2 aromatic rings. The molecule has 0 bridgehead atoms. The Balaban J connectivity index is 1.80. The first-order chi connectivity index (χ1) is 13.4. The van der Waals surface area contributed by atoms with Crippen LogP contribution in [0.15, 0.2) is 35.5 Å². The van der Waals surface area contributed by atoms with Gasteiger partial charge in [-0.25, -0.2) is 9.67 Å². The first kappa shape index (κ1) is 19.0. The van der Waals surface area contributed by atoms with Crippen molar-refractivity contribution >= 4 is 46.5 Å². The first-order valence-electron chi connectivity index (χ1n) is 9.02. The summed E-state index contributed by atoms with van der Waals surface area (Å²) in [6.45, 7) is 2.31. The van der Waals surface area contributed by atoms with Crippen LogP contribution in [0.1, 0.15) is 31.4 Å². The number of fused-ring (bicyclic) bond motifs is 1. The van der Waals surface area contributed by atoms with Crippen LogP contribution >= 0.6 is 23.2 Å². The predicted molar refractivity (Wildman–Crippen MR) is 107 cm³/mol. The molecule has 3 atom stereocenters. The molecular formula is C19H19Cl2N5O2. The Morgan fingerprint density at radius 3 is 2.71 bits per heavy atom. The van der Waals surface area contributed by atoms with Crippen LogP contribution in [-0.2, 0) is 9.59 Å². The number of nitrogens with zero attached hydrogens (tertiary/aromatic N) is 4. The Kier molecular flexibility index (Phi) is 4.89. The minimum Gasteiger partial charge on any atom is -0.368 e. The minimum atomic E-state index is -0.621. The molecule has 1 saturated heterocycles. The smallest absolute Gasteiger partial charge is 0.240 e. The molecule has 1 fully saturated rings. The van der Waals surface area contributed by atoms with Gasteiger partial charge in [0.1, 0.15) is 12.0 Å². The zero-order chi connectivity index (χ0) is 20.0. The summed E-state index contributed by atoms with van der Waals surface area (Å²) < 4.78 is 1.71. The fraction of sp³-hybridized carbons (Fsp3) is 0.368. The average molecular weight is 420 g/mol. The Morgan fingerprint density at radius 2 is 2.00 bits per heavy atom. The van der Waals surface area contributed by atoms with Gasteiger partial charge in [-0.1, -0.05) is 29.3 Å². The van der Waals surface area contributed by atoms with Crippen molar-refractivity contribution in [1.29, 1.82) is 0 Å². The second-order valence-electron chi connectivity index (χ2n) is 7.08. The molecule has 2 aliphatic heterocycles.